The van der Waals surface area contributed by atoms with E-state index in [-0.39, 0.29) is 5.91 Å². The summed E-state index contributed by atoms with van der Waals surface area (Å²) in [5, 5.41) is 11.1. The van der Waals surface area contributed by atoms with Crippen molar-refractivity contribution in [3.63, 3.8) is 0 Å². The third kappa shape index (κ3) is 2.55. The molecule has 0 saturated heterocycles. The van der Waals surface area contributed by atoms with Crippen LogP contribution in [0.1, 0.15) is 49.5 Å². The summed E-state index contributed by atoms with van der Waals surface area (Å²) in [6.07, 6.45) is 5.91. The molecule has 1 aliphatic carbocycles. The third-order valence-corrected chi connectivity index (χ3v) is 4.38. The van der Waals surface area contributed by atoms with E-state index >= 15 is 0 Å². The number of para-hydroxylation sites is 1. The van der Waals surface area contributed by atoms with Crippen LogP contribution in [0.4, 0.5) is 0 Å². The van der Waals surface area contributed by atoms with Gasteiger partial charge in [-0.25, -0.2) is 0 Å². The summed E-state index contributed by atoms with van der Waals surface area (Å²) in [6, 6.07) is 8.05. The Morgan fingerprint density at radius 2 is 2.25 bits per heavy atom. The number of H-pyrrole nitrogens is 1. The zero-order chi connectivity index (χ0) is 13.9. The van der Waals surface area contributed by atoms with Crippen LogP contribution in [0.3, 0.4) is 0 Å². The van der Waals surface area contributed by atoms with Crippen LogP contribution < -0.4 is 5.32 Å². The quantitative estimate of drug-likeness (QED) is 0.900. The molecule has 106 valence electrons. The van der Waals surface area contributed by atoms with E-state index in [2.05, 4.69) is 22.4 Å². The van der Waals surface area contributed by atoms with E-state index in [1.54, 1.807) is 0 Å². The first-order chi connectivity index (χ1) is 9.78. The normalized spacial score (nSPS) is 22.9. The van der Waals surface area contributed by atoms with Gasteiger partial charge in [0.15, 0.2) is 5.69 Å². The number of fused-ring (bicyclic) bond motifs is 1. The zero-order valence-electron chi connectivity index (χ0n) is 11.9. The molecule has 2 atom stereocenters. The highest BCUT2D eigenvalue weighted by atomic mass is 16.2. The van der Waals surface area contributed by atoms with Crippen LogP contribution in [-0.2, 0) is 0 Å². The van der Waals surface area contributed by atoms with E-state index in [9.17, 15) is 4.79 Å². The summed E-state index contributed by atoms with van der Waals surface area (Å²) in [5.41, 5.74) is 1.42. The van der Waals surface area contributed by atoms with E-state index in [1.165, 1.54) is 19.3 Å². The first kappa shape index (κ1) is 13.2. The highest BCUT2D eigenvalue weighted by Crippen LogP contribution is 2.27. The largest absolute Gasteiger partial charge is 0.348 e. The second kappa shape index (κ2) is 5.65. The zero-order valence-corrected chi connectivity index (χ0v) is 11.9. The predicted octanol–water partition coefficient (Wildman–Crippen LogP) is 3.26. The summed E-state index contributed by atoms with van der Waals surface area (Å²) in [4.78, 5) is 12.4. The number of aromatic nitrogens is 2. The Morgan fingerprint density at radius 1 is 1.40 bits per heavy atom. The first-order valence-corrected chi connectivity index (χ1v) is 7.52. The minimum absolute atomic E-state index is 0.0517. The van der Waals surface area contributed by atoms with Crippen LogP contribution in [0, 0.1) is 5.92 Å². The van der Waals surface area contributed by atoms with Gasteiger partial charge in [0.25, 0.3) is 5.91 Å². The Bertz CT molecular complexity index is 605. The predicted molar refractivity (Wildman–Crippen MR) is 79.6 cm³/mol. The van der Waals surface area contributed by atoms with E-state index < -0.39 is 0 Å². The summed E-state index contributed by atoms with van der Waals surface area (Å²) < 4.78 is 0. The van der Waals surface area contributed by atoms with Gasteiger partial charge in [-0.05, 0) is 24.8 Å². The van der Waals surface area contributed by atoms with Crippen LogP contribution in [0.2, 0.25) is 0 Å². The van der Waals surface area contributed by atoms with Gasteiger partial charge in [0.05, 0.1) is 5.52 Å². The Hall–Kier alpha value is -1.84. The van der Waals surface area contributed by atoms with E-state index in [0.717, 1.165) is 29.7 Å². The van der Waals surface area contributed by atoms with Gasteiger partial charge in [0.2, 0.25) is 0 Å². The average molecular weight is 271 g/mol. The monoisotopic (exact) mass is 271 g/mol. The fourth-order valence-corrected chi connectivity index (χ4v) is 3.18. The SMILES string of the molecule is CCC1CCCC(NC(=O)c2n[nH]c3ccccc23)C1. The molecule has 1 saturated carbocycles. The van der Waals surface area contributed by atoms with Gasteiger partial charge < -0.3 is 5.32 Å². The summed E-state index contributed by atoms with van der Waals surface area (Å²) in [7, 11) is 0. The Morgan fingerprint density at radius 3 is 3.10 bits per heavy atom. The number of hydrogen-bond acceptors (Lipinski definition) is 2. The van der Waals surface area contributed by atoms with Crippen LogP contribution >= 0.6 is 0 Å². The number of carbonyl (C=O) groups excluding carboxylic acids is 1. The fraction of sp³-hybridized carbons (Fsp3) is 0.500. The van der Waals surface area contributed by atoms with Crippen molar-refractivity contribution >= 4 is 16.8 Å². The molecular weight excluding hydrogens is 250 g/mol. The first-order valence-electron chi connectivity index (χ1n) is 7.52. The van der Waals surface area contributed by atoms with Gasteiger partial charge >= 0.3 is 0 Å². The van der Waals surface area contributed by atoms with E-state index in [1.807, 2.05) is 24.3 Å². The molecule has 2 unspecified atom stereocenters. The molecule has 1 amide bonds. The molecule has 0 spiro atoms. The van der Waals surface area contributed by atoms with Crippen molar-refractivity contribution < 1.29 is 4.79 Å². The fourth-order valence-electron chi connectivity index (χ4n) is 3.18. The lowest BCUT2D eigenvalue weighted by molar-refractivity contribution is 0.0915. The Kier molecular flexibility index (Phi) is 3.72. The molecule has 0 aliphatic heterocycles. The van der Waals surface area contributed by atoms with Crippen molar-refractivity contribution in [2.75, 3.05) is 0 Å². The number of rotatable bonds is 3. The minimum atomic E-state index is -0.0517. The molecule has 2 aromatic rings. The summed E-state index contributed by atoms with van der Waals surface area (Å²) in [5.74, 6) is 0.703. The molecule has 4 heteroatoms. The molecule has 4 nitrogen and oxygen atoms in total. The average Bonchev–Trinajstić information content (AvgIpc) is 2.91. The van der Waals surface area contributed by atoms with E-state index in [4.69, 9.17) is 0 Å². The van der Waals surface area contributed by atoms with Crippen molar-refractivity contribution in [3.8, 4) is 0 Å². The molecule has 2 N–H and O–H groups in total. The van der Waals surface area contributed by atoms with Gasteiger partial charge in [-0.3, -0.25) is 9.89 Å². The molecule has 0 bridgehead atoms. The third-order valence-electron chi connectivity index (χ3n) is 4.38. The lowest BCUT2D eigenvalue weighted by Crippen LogP contribution is -2.38. The second-order valence-electron chi connectivity index (χ2n) is 5.73. The number of hydrogen-bond donors (Lipinski definition) is 2. The molecule has 1 aromatic carbocycles. The Balaban J connectivity index is 1.73. The van der Waals surface area contributed by atoms with Crippen LogP contribution in [-0.4, -0.2) is 22.1 Å². The van der Waals surface area contributed by atoms with Crippen LogP contribution in [0.25, 0.3) is 10.9 Å². The number of carbonyl (C=O) groups is 1. The molecule has 1 aliphatic rings. The summed E-state index contributed by atoms with van der Waals surface area (Å²) in [6.45, 7) is 2.23. The van der Waals surface area contributed by atoms with Crippen molar-refractivity contribution in [1.29, 1.82) is 0 Å². The molecule has 1 heterocycles. The van der Waals surface area contributed by atoms with Crippen LogP contribution in [0.5, 0.6) is 0 Å². The number of aromatic amines is 1. The number of nitrogens with zero attached hydrogens (tertiary/aromatic N) is 1. The van der Waals surface area contributed by atoms with Gasteiger partial charge in [-0.15, -0.1) is 0 Å². The van der Waals surface area contributed by atoms with Gasteiger partial charge in [-0.2, -0.15) is 5.10 Å². The van der Waals surface area contributed by atoms with Gasteiger partial charge in [0.1, 0.15) is 0 Å². The summed E-state index contributed by atoms with van der Waals surface area (Å²) >= 11 is 0. The molecular formula is C16H21N3O. The topological polar surface area (TPSA) is 57.8 Å². The van der Waals surface area contributed by atoms with Crippen molar-refractivity contribution in [1.82, 2.24) is 15.5 Å². The number of benzene rings is 1. The Labute approximate surface area is 119 Å². The van der Waals surface area contributed by atoms with E-state index in [0.29, 0.717) is 11.7 Å². The molecule has 3 rings (SSSR count). The number of nitrogens with one attached hydrogen (secondary N) is 2. The maximum atomic E-state index is 12.4. The molecule has 0 radical (unpaired) electrons. The van der Waals surface area contributed by atoms with Crippen molar-refractivity contribution in [2.45, 2.75) is 45.1 Å². The van der Waals surface area contributed by atoms with Gasteiger partial charge in [-0.1, -0.05) is 44.4 Å². The number of amides is 1. The lowest BCUT2D eigenvalue weighted by Gasteiger charge is -2.28. The minimum Gasteiger partial charge on any atom is -0.348 e. The smallest absolute Gasteiger partial charge is 0.272 e. The highest BCUT2D eigenvalue weighted by molar-refractivity contribution is 6.04. The second-order valence-corrected chi connectivity index (χ2v) is 5.73. The molecule has 1 fully saturated rings. The maximum Gasteiger partial charge on any atom is 0.272 e. The lowest BCUT2D eigenvalue weighted by atomic mass is 9.84. The molecule has 20 heavy (non-hydrogen) atoms. The van der Waals surface area contributed by atoms with Crippen LogP contribution in [0.15, 0.2) is 24.3 Å². The maximum absolute atomic E-state index is 12.4. The standard InChI is InChI=1S/C16H21N3O/c1-2-11-6-5-7-12(10-11)17-16(20)15-13-8-3-4-9-14(13)18-19-15/h3-4,8-9,11-12H,2,5-7,10H2,1H3,(H,17,20)(H,18,19). The van der Waals surface area contributed by atoms with Crippen molar-refractivity contribution in [2.24, 2.45) is 5.92 Å². The highest BCUT2D eigenvalue weighted by Gasteiger charge is 2.23. The molecule has 1 aromatic heterocycles. The van der Waals surface area contributed by atoms with Crippen molar-refractivity contribution in [3.05, 3.63) is 30.0 Å². The van der Waals surface area contributed by atoms with Gasteiger partial charge in [0, 0.05) is 11.4 Å².